The molecule has 7 rings (SSSR count). The lowest BCUT2D eigenvalue weighted by atomic mass is 9.99. The van der Waals surface area contributed by atoms with Crippen LogP contribution in [-0.4, -0.2) is 51.5 Å². The van der Waals surface area contributed by atoms with E-state index in [9.17, 15) is 14.3 Å². The van der Waals surface area contributed by atoms with Gasteiger partial charge >= 0.3 is 5.97 Å². The van der Waals surface area contributed by atoms with Gasteiger partial charge in [-0.2, -0.15) is 5.26 Å². The maximum Gasteiger partial charge on any atom is 0.335 e. The highest BCUT2D eigenvalue weighted by atomic mass is 19.1. The number of carbonyl (C=O) groups is 1. The molecule has 2 fully saturated rings. The average Bonchev–Trinajstić information content (AvgIpc) is 3.77. The Morgan fingerprint density at radius 1 is 0.978 bits per heavy atom. The fourth-order valence-corrected chi connectivity index (χ4v) is 6.09. The minimum Gasteiger partial charge on any atom is -0.478 e. The van der Waals surface area contributed by atoms with Crippen molar-refractivity contribution < 1.29 is 37.3 Å². The van der Waals surface area contributed by atoms with Crippen molar-refractivity contribution in [1.82, 2.24) is 14.5 Å². The molecule has 12 heteroatoms. The molecule has 0 spiro atoms. The number of carboxylic acid groups (broad SMARTS) is 1. The number of pyridine rings is 1. The Hall–Kier alpha value is -5.25. The van der Waals surface area contributed by atoms with Crippen LogP contribution in [0.15, 0.2) is 66.7 Å². The minimum atomic E-state index is -1.09. The summed E-state index contributed by atoms with van der Waals surface area (Å²) < 4.78 is 64.6. The quantitative estimate of drug-likeness (QED) is 0.228. The second kappa shape index (κ2) is 11.9. The molecule has 0 unspecified atom stereocenters. The van der Waals surface area contributed by atoms with Crippen molar-refractivity contribution in [1.29, 1.82) is 5.26 Å². The third kappa shape index (κ3) is 5.44. The largest absolute Gasteiger partial charge is 0.478 e. The molecule has 2 aliphatic rings. The highest BCUT2D eigenvalue weighted by molar-refractivity contribution is 5.92. The molecule has 0 radical (unpaired) electrons. The number of fused-ring (bicyclic) bond motifs is 2. The Kier molecular flexibility index (Phi) is 7.64. The van der Waals surface area contributed by atoms with Crippen LogP contribution < -0.4 is 4.74 Å². The van der Waals surface area contributed by atoms with Crippen molar-refractivity contribution in [3.8, 4) is 23.2 Å². The van der Waals surface area contributed by atoms with Crippen molar-refractivity contribution in [3.63, 3.8) is 0 Å². The lowest BCUT2D eigenvalue weighted by Gasteiger charge is -2.21. The number of carboxylic acids is 1. The molecule has 3 aromatic carbocycles. The minimum absolute atomic E-state index is 0.00238. The molecular weight excluding hydrogens is 601 g/mol. The van der Waals surface area contributed by atoms with Crippen molar-refractivity contribution in [2.24, 2.45) is 5.92 Å². The number of hydrogen-bond donors (Lipinski definition) is 1. The van der Waals surface area contributed by atoms with E-state index in [1.54, 1.807) is 12.1 Å². The first-order valence-electron chi connectivity index (χ1n) is 14.5. The fourth-order valence-electron chi connectivity index (χ4n) is 6.09. The average molecular weight is 627 g/mol. The van der Waals surface area contributed by atoms with E-state index in [2.05, 4.69) is 4.98 Å². The number of nitriles is 1. The molecule has 3 atom stereocenters. The molecule has 5 aromatic rings. The van der Waals surface area contributed by atoms with E-state index in [0.29, 0.717) is 36.7 Å². The summed E-state index contributed by atoms with van der Waals surface area (Å²) in [5.41, 5.74) is 1.64. The van der Waals surface area contributed by atoms with E-state index in [-0.39, 0.29) is 70.5 Å². The highest BCUT2D eigenvalue weighted by Gasteiger charge is 2.43. The van der Waals surface area contributed by atoms with Gasteiger partial charge in [-0.05, 0) is 54.1 Å². The molecule has 0 bridgehead atoms. The summed E-state index contributed by atoms with van der Waals surface area (Å²) >= 11 is 0. The maximum absolute atomic E-state index is 15.7. The number of ether oxygens (including phenoxy) is 3. The molecule has 2 aromatic heterocycles. The van der Waals surface area contributed by atoms with Crippen molar-refractivity contribution in [2.45, 2.75) is 25.2 Å². The van der Waals surface area contributed by atoms with E-state index < -0.39 is 23.4 Å². The van der Waals surface area contributed by atoms with Crippen LogP contribution in [-0.2, 0) is 22.5 Å². The highest BCUT2D eigenvalue weighted by Crippen LogP contribution is 2.39. The predicted molar refractivity (Wildman–Crippen MR) is 158 cm³/mol. The van der Waals surface area contributed by atoms with Gasteiger partial charge < -0.3 is 23.9 Å². The Labute approximate surface area is 260 Å². The predicted octanol–water partition coefficient (Wildman–Crippen LogP) is 5.84. The van der Waals surface area contributed by atoms with E-state index in [4.69, 9.17) is 24.5 Å². The van der Waals surface area contributed by atoms with Gasteiger partial charge in [0, 0.05) is 29.5 Å². The number of benzene rings is 3. The van der Waals surface area contributed by atoms with Gasteiger partial charge in [0.05, 0.1) is 65.9 Å². The van der Waals surface area contributed by atoms with Gasteiger partial charge in [-0.1, -0.05) is 12.1 Å². The number of aromatic carboxylic acids is 1. The van der Waals surface area contributed by atoms with E-state index in [0.717, 1.165) is 18.2 Å². The first-order chi connectivity index (χ1) is 22.3. The van der Waals surface area contributed by atoms with Gasteiger partial charge in [0.25, 0.3) is 0 Å². The summed E-state index contributed by atoms with van der Waals surface area (Å²) in [5, 5.41) is 18.5. The molecule has 0 saturated carbocycles. The molecule has 9 nitrogen and oxygen atoms in total. The zero-order chi connectivity index (χ0) is 31.9. The second-order valence-electron chi connectivity index (χ2n) is 11.2. The second-order valence-corrected chi connectivity index (χ2v) is 11.2. The van der Waals surface area contributed by atoms with Crippen LogP contribution in [0.3, 0.4) is 0 Å². The van der Waals surface area contributed by atoms with E-state index in [1.165, 1.54) is 36.4 Å². The number of hydrogen-bond acceptors (Lipinski definition) is 7. The van der Waals surface area contributed by atoms with Gasteiger partial charge in [0.1, 0.15) is 29.9 Å². The van der Waals surface area contributed by atoms with Crippen LogP contribution in [0.4, 0.5) is 13.2 Å². The Morgan fingerprint density at radius 3 is 2.63 bits per heavy atom. The Balaban J connectivity index is 1.18. The molecule has 1 N–H and O–H groups in total. The smallest absolute Gasteiger partial charge is 0.335 e. The Morgan fingerprint density at radius 2 is 1.83 bits per heavy atom. The molecule has 0 amide bonds. The first-order valence-corrected chi connectivity index (χ1v) is 14.5. The van der Waals surface area contributed by atoms with E-state index in [1.807, 2.05) is 10.6 Å². The molecule has 0 aliphatic carbocycles. The van der Waals surface area contributed by atoms with Gasteiger partial charge in [0.15, 0.2) is 0 Å². The van der Waals surface area contributed by atoms with Crippen molar-refractivity contribution in [3.05, 3.63) is 112 Å². The van der Waals surface area contributed by atoms with Gasteiger partial charge in [-0.25, -0.2) is 27.9 Å². The molecule has 4 heterocycles. The summed E-state index contributed by atoms with van der Waals surface area (Å²) in [6.07, 6.45) is -0.177. The number of nitrogens with zero attached hydrogens (tertiary/aromatic N) is 4. The van der Waals surface area contributed by atoms with Crippen LogP contribution in [0.5, 0.6) is 5.88 Å². The van der Waals surface area contributed by atoms with Gasteiger partial charge in [0.2, 0.25) is 5.88 Å². The van der Waals surface area contributed by atoms with Gasteiger partial charge in [-0.15, -0.1) is 0 Å². The monoisotopic (exact) mass is 626 g/mol. The summed E-state index contributed by atoms with van der Waals surface area (Å²) in [4.78, 5) is 20.7. The van der Waals surface area contributed by atoms with Crippen LogP contribution in [0.2, 0.25) is 0 Å². The lowest BCUT2D eigenvalue weighted by Crippen LogP contribution is -2.23. The molecule has 46 heavy (non-hydrogen) atoms. The van der Waals surface area contributed by atoms with E-state index >= 15 is 8.78 Å². The number of halogens is 3. The summed E-state index contributed by atoms with van der Waals surface area (Å²) in [7, 11) is 0. The van der Waals surface area contributed by atoms with Gasteiger partial charge in [-0.3, -0.25) is 0 Å². The summed E-state index contributed by atoms with van der Waals surface area (Å²) in [6, 6.07) is 17.0. The molecular formula is C34H25F3N4O5. The first kappa shape index (κ1) is 29.5. The Bertz CT molecular complexity index is 2040. The van der Waals surface area contributed by atoms with Crippen LogP contribution in [0.1, 0.15) is 38.9 Å². The zero-order valence-electron chi connectivity index (χ0n) is 24.1. The maximum atomic E-state index is 15.7. The van der Waals surface area contributed by atoms with Crippen LogP contribution in [0.25, 0.3) is 22.3 Å². The van der Waals surface area contributed by atoms with Crippen LogP contribution in [0, 0.1) is 34.7 Å². The molecule has 232 valence electrons. The topological polar surface area (TPSA) is 119 Å². The summed E-state index contributed by atoms with van der Waals surface area (Å²) in [6.45, 7) is 1.09. The zero-order valence-corrected chi connectivity index (χ0v) is 24.1. The lowest BCUT2D eigenvalue weighted by molar-refractivity contribution is 0.0653. The standard InChI is InChI=1S/C34H25F3N4O5/c35-24-8-18(13-38)4-5-20(24)14-46-33-3-1-2-27(40-33)22-12-25(36)21(9-26(22)37)11-32-39-28-7-6-19(34(42)43)10-29(28)41(32)30-16-45-31-17-44-15-23(30)31/h1-10,12,23,30-31H,11,14-17H2,(H,42,43)/t23-,30+,31-/m0/s1. The third-order valence-corrected chi connectivity index (χ3v) is 8.43. The normalized spacial score (nSPS) is 18.9. The van der Waals surface area contributed by atoms with Crippen LogP contribution >= 0.6 is 0 Å². The SMILES string of the molecule is N#Cc1ccc(COc2cccc(-c3cc(F)c(Cc4nc5ccc(C(=O)O)cc5n4[C@@H]4CO[C@H]5COC[C@H]54)cc3F)n2)c(F)c1. The number of aromatic nitrogens is 3. The molecule has 2 aliphatic heterocycles. The molecule has 2 saturated heterocycles. The number of rotatable bonds is 8. The fraction of sp³-hybridized carbons (Fsp3) is 0.235. The van der Waals surface area contributed by atoms with Crippen molar-refractivity contribution >= 4 is 17.0 Å². The third-order valence-electron chi connectivity index (χ3n) is 8.43. The summed E-state index contributed by atoms with van der Waals surface area (Å²) in [5.74, 6) is -2.58. The van der Waals surface area contributed by atoms with Crippen molar-refractivity contribution in [2.75, 3.05) is 19.8 Å². The number of imidazole rings is 1.